The molecule has 0 heterocycles. The SMILES string of the molecule is O=C(Cc1ccc(F)cc1)Nc1cccc(Cl)c1SC(F)F. The van der Waals surface area contributed by atoms with Crippen LogP contribution < -0.4 is 5.32 Å². The van der Waals surface area contributed by atoms with E-state index in [0.717, 1.165) is 0 Å². The predicted molar refractivity (Wildman–Crippen MR) is 82.0 cm³/mol. The van der Waals surface area contributed by atoms with Crippen LogP contribution in [-0.4, -0.2) is 11.7 Å². The van der Waals surface area contributed by atoms with Gasteiger partial charge in [-0.1, -0.05) is 41.6 Å². The molecule has 116 valence electrons. The van der Waals surface area contributed by atoms with Crippen molar-refractivity contribution in [2.75, 3.05) is 5.32 Å². The Bertz CT molecular complexity index is 664. The van der Waals surface area contributed by atoms with Crippen molar-refractivity contribution in [1.82, 2.24) is 0 Å². The van der Waals surface area contributed by atoms with Crippen molar-refractivity contribution >= 4 is 35.0 Å². The van der Waals surface area contributed by atoms with Crippen molar-refractivity contribution in [2.45, 2.75) is 17.1 Å². The van der Waals surface area contributed by atoms with Gasteiger partial charge in [0, 0.05) is 0 Å². The average Bonchev–Trinajstić information content (AvgIpc) is 2.45. The zero-order valence-corrected chi connectivity index (χ0v) is 12.7. The smallest absolute Gasteiger partial charge is 0.289 e. The molecule has 0 spiro atoms. The van der Waals surface area contributed by atoms with Gasteiger partial charge in [0.1, 0.15) is 5.82 Å². The van der Waals surface area contributed by atoms with E-state index in [0.29, 0.717) is 5.56 Å². The first-order valence-corrected chi connectivity index (χ1v) is 7.49. The third-order valence-electron chi connectivity index (χ3n) is 2.73. The molecular weight excluding hydrogens is 335 g/mol. The van der Waals surface area contributed by atoms with E-state index in [1.54, 1.807) is 6.07 Å². The number of alkyl halides is 2. The number of halogens is 4. The lowest BCUT2D eigenvalue weighted by Crippen LogP contribution is -2.15. The second kappa shape index (κ2) is 7.56. The monoisotopic (exact) mass is 345 g/mol. The molecule has 0 radical (unpaired) electrons. The van der Waals surface area contributed by atoms with Crippen molar-refractivity contribution in [1.29, 1.82) is 0 Å². The molecule has 2 rings (SSSR count). The van der Waals surface area contributed by atoms with Gasteiger partial charge < -0.3 is 5.32 Å². The van der Waals surface area contributed by atoms with Crippen molar-refractivity contribution in [3.05, 3.63) is 58.9 Å². The molecule has 1 N–H and O–H groups in total. The molecule has 0 aliphatic heterocycles. The van der Waals surface area contributed by atoms with E-state index in [1.165, 1.54) is 36.4 Å². The molecule has 22 heavy (non-hydrogen) atoms. The van der Waals surface area contributed by atoms with Crippen LogP contribution in [0.4, 0.5) is 18.9 Å². The Morgan fingerprint density at radius 1 is 1.18 bits per heavy atom. The van der Waals surface area contributed by atoms with Crippen molar-refractivity contribution in [2.24, 2.45) is 0 Å². The number of carbonyl (C=O) groups is 1. The van der Waals surface area contributed by atoms with Crippen LogP contribution in [0.2, 0.25) is 5.02 Å². The first-order valence-electron chi connectivity index (χ1n) is 6.23. The third kappa shape index (κ3) is 4.68. The number of anilines is 1. The van der Waals surface area contributed by atoms with Gasteiger partial charge in [-0.2, -0.15) is 8.78 Å². The Morgan fingerprint density at radius 2 is 1.86 bits per heavy atom. The van der Waals surface area contributed by atoms with Gasteiger partial charge in [-0.15, -0.1) is 0 Å². The lowest BCUT2D eigenvalue weighted by molar-refractivity contribution is -0.115. The highest BCUT2D eigenvalue weighted by Gasteiger charge is 2.15. The van der Waals surface area contributed by atoms with Crippen molar-refractivity contribution < 1.29 is 18.0 Å². The highest BCUT2D eigenvalue weighted by Crippen LogP contribution is 2.37. The molecule has 0 unspecified atom stereocenters. The molecule has 0 aromatic heterocycles. The first-order chi connectivity index (χ1) is 10.5. The zero-order valence-electron chi connectivity index (χ0n) is 11.2. The molecule has 7 heteroatoms. The summed E-state index contributed by atoms with van der Waals surface area (Å²) in [6, 6.07) is 10.0. The number of carbonyl (C=O) groups excluding carboxylic acids is 1. The zero-order chi connectivity index (χ0) is 16.1. The third-order valence-corrected chi connectivity index (χ3v) is 4.01. The van der Waals surface area contributed by atoms with Crippen LogP contribution in [-0.2, 0) is 11.2 Å². The standard InChI is InChI=1S/C15H11ClF3NOS/c16-11-2-1-3-12(14(11)22-15(18)19)20-13(21)8-9-4-6-10(17)7-5-9/h1-7,15H,8H2,(H,20,21). The lowest BCUT2D eigenvalue weighted by atomic mass is 10.1. The minimum Gasteiger partial charge on any atom is -0.325 e. The van der Waals surface area contributed by atoms with Gasteiger partial charge >= 0.3 is 0 Å². The number of amides is 1. The normalized spacial score (nSPS) is 10.8. The number of rotatable bonds is 5. The quantitative estimate of drug-likeness (QED) is 0.775. The van der Waals surface area contributed by atoms with Crippen LogP contribution in [0.25, 0.3) is 0 Å². The van der Waals surface area contributed by atoms with E-state index in [4.69, 9.17) is 11.6 Å². The Hall–Kier alpha value is -1.66. The summed E-state index contributed by atoms with van der Waals surface area (Å²) in [5, 5.41) is 2.69. The Morgan fingerprint density at radius 3 is 2.50 bits per heavy atom. The molecule has 0 aliphatic rings. The van der Waals surface area contributed by atoms with Gasteiger partial charge in [-0.3, -0.25) is 4.79 Å². The average molecular weight is 346 g/mol. The van der Waals surface area contributed by atoms with Crippen LogP contribution in [0.15, 0.2) is 47.4 Å². The second-order valence-electron chi connectivity index (χ2n) is 4.35. The fourth-order valence-electron chi connectivity index (χ4n) is 1.80. The topological polar surface area (TPSA) is 29.1 Å². The largest absolute Gasteiger partial charge is 0.325 e. The van der Waals surface area contributed by atoms with E-state index >= 15 is 0 Å². The van der Waals surface area contributed by atoms with Crippen LogP contribution in [0.5, 0.6) is 0 Å². The number of hydrogen-bond acceptors (Lipinski definition) is 2. The van der Waals surface area contributed by atoms with Gasteiger partial charge in [-0.05, 0) is 29.8 Å². The molecule has 0 bridgehead atoms. The molecule has 2 nitrogen and oxygen atoms in total. The summed E-state index contributed by atoms with van der Waals surface area (Å²) in [7, 11) is 0. The highest BCUT2D eigenvalue weighted by molar-refractivity contribution is 7.99. The molecule has 0 saturated carbocycles. The number of thioether (sulfide) groups is 1. The summed E-state index contributed by atoms with van der Waals surface area (Å²) in [4.78, 5) is 12.1. The van der Waals surface area contributed by atoms with E-state index < -0.39 is 17.5 Å². The van der Waals surface area contributed by atoms with Crippen LogP contribution >= 0.6 is 23.4 Å². The van der Waals surface area contributed by atoms with E-state index in [-0.39, 0.29) is 33.8 Å². The summed E-state index contributed by atoms with van der Waals surface area (Å²) in [5.41, 5.74) is 0.842. The molecular formula is C15H11ClF3NOS. The van der Waals surface area contributed by atoms with E-state index in [9.17, 15) is 18.0 Å². The number of nitrogens with one attached hydrogen (secondary N) is 1. The molecule has 0 fully saturated rings. The van der Waals surface area contributed by atoms with E-state index in [1.807, 2.05) is 0 Å². The van der Waals surface area contributed by atoms with Crippen LogP contribution in [0.1, 0.15) is 5.56 Å². The number of benzene rings is 2. The van der Waals surface area contributed by atoms with E-state index in [2.05, 4.69) is 5.32 Å². The summed E-state index contributed by atoms with van der Waals surface area (Å²) < 4.78 is 37.9. The summed E-state index contributed by atoms with van der Waals surface area (Å²) in [6.07, 6.45) is 0.00553. The molecule has 0 saturated heterocycles. The molecule has 2 aromatic carbocycles. The van der Waals surface area contributed by atoms with Gasteiger partial charge in [0.25, 0.3) is 5.76 Å². The summed E-state index contributed by atoms with van der Waals surface area (Å²) in [6.45, 7) is 0. The highest BCUT2D eigenvalue weighted by atomic mass is 35.5. The fraction of sp³-hybridized carbons (Fsp3) is 0.133. The first kappa shape index (κ1) is 16.7. The summed E-state index contributed by atoms with van der Waals surface area (Å²) >= 11 is 6.16. The van der Waals surface area contributed by atoms with Crippen molar-refractivity contribution in [3.63, 3.8) is 0 Å². The summed E-state index contributed by atoms with van der Waals surface area (Å²) in [5.74, 6) is -3.44. The second-order valence-corrected chi connectivity index (χ2v) is 5.75. The van der Waals surface area contributed by atoms with Crippen LogP contribution in [0.3, 0.4) is 0 Å². The maximum absolute atomic E-state index is 12.8. The van der Waals surface area contributed by atoms with Crippen LogP contribution in [0, 0.1) is 5.82 Å². The minimum absolute atomic E-state index is 0.00553. The van der Waals surface area contributed by atoms with Crippen molar-refractivity contribution in [3.8, 4) is 0 Å². The van der Waals surface area contributed by atoms with Gasteiger partial charge in [0.05, 0.1) is 22.0 Å². The maximum atomic E-state index is 12.8. The number of hydrogen-bond donors (Lipinski definition) is 1. The fourth-order valence-corrected chi connectivity index (χ4v) is 2.71. The Kier molecular flexibility index (Phi) is 5.74. The molecule has 1 amide bonds. The Balaban J connectivity index is 2.11. The Labute approximate surface area is 134 Å². The molecule has 2 aromatic rings. The van der Waals surface area contributed by atoms with Gasteiger partial charge in [-0.25, -0.2) is 4.39 Å². The molecule has 0 aliphatic carbocycles. The minimum atomic E-state index is -2.65. The predicted octanol–water partition coefficient (Wildman–Crippen LogP) is 4.98. The maximum Gasteiger partial charge on any atom is 0.289 e. The van der Waals surface area contributed by atoms with Gasteiger partial charge in [0.15, 0.2) is 0 Å². The molecule has 0 atom stereocenters. The van der Waals surface area contributed by atoms with Gasteiger partial charge in [0.2, 0.25) is 5.91 Å². The lowest BCUT2D eigenvalue weighted by Gasteiger charge is -2.12.